The van der Waals surface area contributed by atoms with Crippen molar-refractivity contribution in [3.63, 3.8) is 0 Å². The van der Waals surface area contributed by atoms with Crippen molar-refractivity contribution in [2.75, 3.05) is 5.32 Å². The average molecular weight is 287 g/mol. The van der Waals surface area contributed by atoms with Gasteiger partial charge in [0.1, 0.15) is 0 Å². The number of hydrogen-bond acceptors (Lipinski definition) is 2. The first-order chi connectivity index (χ1) is 8.56. The van der Waals surface area contributed by atoms with E-state index in [1.54, 1.807) is 18.2 Å². The lowest BCUT2D eigenvalue weighted by Gasteiger charge is -2.25. The first kappa shape index (κ1) is 13.7. The second-order valence-corrected chi connectivity index (χ2v) is 5.57. The highest BCUT2D eigenvalue weighted by molar-refractivity contribution is 6.35. The predicted molar refractivity (Wildman–Crippen MR) is 75.0 cm³/mol. The normalized spacial score (nSPS) is 23.7. The fourth-order valence-electron chi connectivity index (χ4n) is 2.21. The quantitative estimate of drug-likeness (QED) is 0.875. The molecule has 0 atom stereocenters. The summed E-state index contributed by atoms with van der Waals surface area (Å²) >= 11 is 11.9. The van der Waals surface area contributed by atoms with Crippen molar-refractivity contribution in [1.82, 2.24) is 0 Å². The van der Waals surface area contributed by atoms with E-state index >= 15 is 0 Å². The van der Waals surface area contributed by atoms with Crippen LogP contribution in [0.5, 0.6) is 0 Å². The monoisotopic (exact) mass is 286 g/mol. The lowest BCUT2D eigenvalue weighted by molar-refractivity contribution is -0.120. The van der Waals surface area contributed by atoms with Crippen LogP contribution in [0.25, 0.3) is 0 Å². The van der Waals surface area contributed by atoms with Crippen LogP contribution in [0.4, 0.5) is 5.69 Å². The fourth-order valence-corrected chi connectivity index (χ4v) is 2.55. The summed E-state index contributed by atoms with van der Waals surface area (Å²) in [6, 6.07) is 5.27. The van der Waals surface area contributed by atoms with Crippen LogP contribution in [-0.2, 0) is 4.79 Å². The maximum Gasteiger partial charge on any atom is 0.227 e. The SMILES string of the molecule is NC1CCC(C(=O)Nc2cc(Cl)ccc2Cl)CC1. The molecule has 1 aromatic carbocycles. The summed E-state index contributed by atoms with van der Waals surface area (Å²) in [5.74, 6) is 0.0333. The maximum absolute atomic E-state index is 12.1. The van der Waals surface area contributed by atoms with E-state index in [9.17, 15) is 4.79 Å². The number of hydrogen-bond donors (Lipinski definition) is 2. The molecule has 0 aromatic heterocycles. The zero-order valence-corrected chi connectivity index (χ0v) is 11.5. The minimum absolute atomic E-state index is 0.00562. The fraction of sp³-hybridized carbons (Fsp3) is 0.462. The van der Waals surface area contributed by atoms with Gasteiger partial charge in [-0.2, -0.15) is 0 Å². The molecule has 0 heterocycles. The van der Waals surface area contributed by atoms with Gasteiger partial charge in [0.2, 0.25) is 5.91 Å². The van der Waals surface area contributed by atoms with Crippen molar-refractivity contribution >= 4 is 34.8 Å². The summed E-state index contributed by atoms with van der Waals surface area (Å²) in [4.78, 5) is 12.1. The molecule has 0 spiro atoms. The average Bonchev–Trinajstić information content (AvgIpc) is 2.34. The molecule has 1 fully saturated rings. The maximum atomic E-state index is 12.1. The zero-order valence-electron chi connectivity index (χ0n) is 9.96. The van der Waals surface area contributed by atoms with Gasteiger partial charge in [-0.1, -0.05) is 23.2 Å². The highest BCUT2D eigenvalue weighted by Gasteiger charge is 2.24. The van der Waals surface area contributed by atoms with E-state index in [1.807, 2.05) is 0 Å². The molecule has 0 bridgehead atoms. The molecule has 1 saturated carbocycles. The van der Waals surface area contributed by atoms with E-state index in [0.29, 0.717) is 15.7 Å². The molecule has 1 aromatic rings. The number of rotatable bonds is 2. The van der Waals surface area contributed by atoms with E-state index in [2.05, 4.69) is 5.32 Å². The molecule has 2 rings (SSSR count). The van der Waals surface area contributed by atoms with Crippen molar-refractivity contribution in [3.8, 4) is 0 Å². The Morgan fingerprint density at radius 3 is 2.56 bits per heavy atom. The van der Waals surface area contributed by atoms with Gasteiger partial charge in [-0.15, -0.1) is 0 Å². The second kappa shape index (κ2) is 5.91. The van der Waals surface area contributed by atoms with Gasteiger partial charge in [0.15, 0.2) is 0 Å². The van der Waals surface area contributed by atoms with Crippen molar-refractivity contribution in [2.45, 2.75) is 31.7 Å². The van der Waals surface area contributed by atoms with E-state index in [-0.39, 0.29) is 17.9 Å². The van der Waals surface area contributed by atoms with Crippen LogP contribution in [0.3, 0.4) is 0 Å². The van der Waals surface area contributed by atoms with Gasteiger partial charge in [0.25, 0.3) is 0 Å². The van der Waals surface area contributed by atoms with Crippen LogP contribution >= 0.6 is 23.2 Å². The van der Waals surface area contributed by atoms with Crippen LogP contribution in [0.2, 0.25) is 10.0 Å². The number of amides is 1. The van der Waals surface area contributed by atoms with Crippen LogP contribution in [0.15, 0.2) is 18.2 Å². The number of nitrogens with two attached hydrogens (primary N) is 1. The third-order valence-corrected chi connectivity index (χ3v) is 3.89. The number of halogens is 2. The highest BCUT2D eigenvalue weighted by Crippen LogP contribution is 2.28. The first-order valence-electron chi connectivity index (χ1n) is 6.08. The van der Waals surface area contributed by atoms with Crippen LogP contribution < -0.4 is 11.1 Å². The Morgan fingerprint density at radius 1 is 1.22 bits per heavy atom. The molecule has 5 heteroatoms. The highest BCUT2D eigenvalue weighted by atomic mass is 35.5. The lowest BCUT2D eigenvalue weighted by Crippen LogP contribution is -2.32. The summed E-state index contributed by atoms with van der Waals surface area (Å²) in [5, 5.41) is 3.90. The van der Waals surface area contributed by atoms with Gasteiger partial charge in [-0.25, -0.2) is 0 Å². The summed E-state index contributed by atoms with van der Waals surface area (Å²) < 4.78 is 0. The number of nitrogens with one attached hydrogen (secondary N) is 1. The topological polar surface area (TPSA) is 55.1 Å². The standard InChI is InChI=1S/C13H16Cl2N2O/c14-9-3-6-11(15)12(7-9)17-13(18)8-1-4-10(16)5-2-8/h3,6-8,10H,1-2,4-5,16H2,(H,17,18). The largest absolute Gasteiger partial charge is 0.328 e. The first-order valence-corrected chi connectivity index (χ1v) is 6.83. The van der Waals surface area contributed by atoms with E-state index in [0.717, 1.165) is 25.7 Å². The van der Waals surface area contributed by atoms with Crippen molar-refractivity contribution in [3.05, 3.63) is 28.2 Å². The molecule has 98 valence electrons. The summed E-state index contributed by atoms with van der Waals surface area (Å²) in [6.07, 6.45) is 3.49. The van der Waals surface area contributed by atoms with Gasteiger partial charge < -0.3 is 11.1 Å². The molecule has 1 aliphatic rings. The molecular weight excluding hydrogens is 271 g/mol. The zero-order chi connectivity index (χ0) is 13.1. The number of anilines is 1. The number of carbonyl (C=O) groups is 1. The van der Waals surface area contributed by atoms with Crippen molar-refractivity contribution in [2.24, 2.45) is 11.7 Å². The van der Waals surface area contributed by atoms with E-state index < -0.39 is 0 Å². The minimum Gasteiger partial charge on any atom is -0.328 e. The second-order valence-electron chi connectivity index (χ2n) is 4.73. The molecule has 18 heavy (non-hydrogen) atoms. The summed E-state index contributed by atoms with van der Waals surface area (Å²) in [7, 11) is 0. The van der Waals surface area contributed by atoms with Gasteiger partial charge in [-0.3, -0.25) is 4.79 Å². The van der Waals surface area contributed by atoms with Gasteiger partial charge in [-0.05, 0) is 43.9 Å². The van der Waals surface area contributed by atoms with E-state index in [4.69, 9.17) is 28.9 Å². The minimum atomic E-state index is 0.00562. The Labute approximate surface area is 117 Å². The lowest BCUT2D eigenvalue weighted by atomic mass is 9.86. The molecule has 0 unspecified atom stereocenters. The molecule has 0 radical (unpaired) electrons. The van der Waals surface area contributed by atoms with Gasteiger partial charge in [0, 0.05) is 17.0 Å². The molecule has 3 N–H and O–H groups in total. The molecule has 0 saturated heterocycles. The van der Waals surface area contributed by atoms with Gasteiger partial charge in [0.05, 0.1) is 10.7 Å². The molecule has 1 aliphatic carbocycles. The van der Waals surface area contributed by atoms with E-state index in [1.165, 1.54) is 0 Å². The van der Waals surface area contributed by atoms with Gasteiger partial charge >= 0.3 is 0 Å². The third kappa shape index (κ3) is 3.37. The van der Waals surface area contributed by atoms with Crippen molar-refractivity contribution in [1.29, 1.82) is 0 Å². The smallest absolute Gasteiger partial charge is 0.227 e. The Hall–Kier alpha value is -0.770. The predicted octanol–water partition coefficient (Wildman–Crippen LogP) is 3.45. The molecular formula is C13H16Cl2N2O. The number of carbonyl (C=O) groups excluding carboxylic acids is 1. The molecule has 0 aliphatic heterocycles. The Morgan fingerprint density at radius 2 is 1.89 bits per heavy atom. The third-order valence-electron chi connectivity index (χ3n) is 3.33. The van der Waals surface area contributed by atoms with Crippen molar-refractivity contribution < 1.29 is 4.79 Å². The Balaban J connectivity index is 2.00. The molecule has 3 nitrogen and oxygen atoms in total. The van der Waals surface area contributed by atoms with Crippen LogP contribution in [0, 0.1) is 5.92 Å². The summed E-state index contributed by atoms with van der Waals surface area (Å²) in [6.45, 7) is 0. The van der Waals surface area contributed by atoms with Crippen LogP contribution in [0.1, 0.15) is 25.7 Å². The summed E-state index contributed by atoms with van der Waals surface area (Å²) in [5.41, 5.74) is 6.40. The molecule has 1 amide bonds. The Bertz CT molecular complexity index is 443. The Kier molecular flexibility index (Phi) is 4.49. The number of benzene rings is 1. The van der Waals surface area contributed by atoms with Crippen LogP contribution in [-0.4, -0.2) is 11.9 Å².